The fourth-order valence-electron chi connectivity index (χ4n) is 2.78. The second-order valence-electron chi connectivity index (χ2n) is 6.73. The first kappa shape index (κ1) is 17.0. The molecule has 4 heteroatoms. The average molecular weight is 304 g/mol. The fraction of sp³-hybridized carbons (Fsp3) is 0.611. The lowest BCUT2D eigenvalue weighted by Gasteiger charge is -2.39. The molecule has 22 heavy (non-hydrogen) atoms. The van der Waals surface area contributed by atoms with Gasteiger partial charge in [0, 0.05) is 19.1 Å². The summed E-state index contributed by atoms with van der Waals surface area (Å²) in [6, 6.07) is 10.5. The first-order valence-electron chi connectivity index (χ1n) is 8.18. The van der Waals surface area contributed by atoms with Crippen molar-refractivity contribution in [2.45, 2.75) is 45.9 Å². The number of nitrogens with zero attached hydrogens (tertiary/aromatic N) is 1. The van der Waals surface area contributed by atoms with Crippen LogP contribution in [0.2, 0.25) is 0 Å². The highest BCUT2D eigenvalue weighted by molar-refractivity contribution is 5.78. The normalized spacial score (nSPS) is 23.0. The highest BCUT2D eigenvalue weighted by atomic mass is 16.5. The Labute approximate surface area is 133 Å². The largest absolute Gasteiger partial charge is 0.367 e. The zero-order valence-electron chi connectivity index (χ0n) is 14.1. The maximum Gasteiger partial charge on any atom is 0.234 e. The molecule has 4 nitrogen and oxygen atoms in total. The topological polar surface area (TPSA) is 41.6 Å². The van der Waals surface area contributed by atoms with E-state index in [4.69, 9.17) is 4.74 Å². The van der Waals surface area contributed by atoms with Gasteiger partial charge in [-0.05, 0) is 25.3 Å². The van der Waals surface area contributed by atoms with Gasteiger partial charge in [-0.25, -0.2) is 0 Å². The molecule has 1 heterocycles. The van der Waals surface area contributed by atoms with Crippen molar-refractivity contribution in [3.05, 3.63) is 35.9 Å². The van der Waals surface area contributed by atoms with E-state index in [1.54, 1.807) is 0 Å². The third-order valence-electron chi connectivity index (χ3n) is 3.93. The molecule has 1 aliphatic rings. The molecule has 1 aromatic rings. The summed E-state index contributed by atoms with van der Waals surface area (Å²) in [7, 11) is 0. The van der Waals surface area contributed by atoms with Crippen molar-refractivity contribution >= 4 is 5.91 Å². The monoisotopic (exact) mass is 304 g/mol. The second kappa shape index (κ2) is 7.75. The summed E-state index contributed by atoms with van der Waals surface area (Å²) in [5.41, 5.74) is 1.18. The predicted octanol–water partition coefficient (Wildman–Crippen LogP) is 2.61. The molecule has 0 spiro atoms. The number of amides is 1. The molecule has 2 rings (SSSR count). The highest BCUT2D eigenvalue weighted by Crippen LogP contribution is 2.27. The number of carbonyl (C=O) groups is 1. The van der Waals surface area contributed by atoms with Gasteiger partial charge in [-0.3, -0.25) is 9.69 Å². The number of nitrogens with one attached hydrogen (secondary N) is 1. The van der Waals surface area contributed by atoms with Crippen LogP contribution in [0, 0.1) is 5.92 Å². The van der Waals surface area contributed by atoms with Crippen LogP contribution in [0.4, 0.5) is 0 Å². The van der Waals surface area contributed by atoms with E-state index in [9.17, 15) is 4.79 Å². The average Bonchev–Trinajstić information content (AvgIpc) is 2.46. The van der Waals surface area contributed by atoms with E-state index in [1.807, 2.05) is 32.0 Å². The number of morpholine rings is 1. The molecule has 0 aromatic heterocycles. The summed E-state index contributed by atoms with van der Waals surface area (Å²) in [5.74, 6) is 0.522. The molecule has 0 aliphatic carbocycles. The molecule has 1 amide bonds. The van der Waals surface area contributed by atoms with E-state index < -0.39 is 0 Å². The zero-order valence-corrected chi connectivity index (χ0v) is 14.1. The van der Waals surface area contributed by atoms with Crippen molar-refractivity contribution < 1.29 is 9.53 Å². The molecule has 1 aliphatic heterocycles. The number of ether oxygens (including phenoxy) is 1. The third kappa shape index (κ3) is 4.82. The van der Waals surface area contributed by atoms with Crippen LogP contribution in [-0.2, 0) is 9.53 Å². The van der Waals surface area contributed by atoms with E-state index in [0.717, 1.165) is 13.1 Å². The quantitative estimate of drug-likeness (QED) is 0.909. The van der Waals surface area contributed by atoms with Crippen LogP contribution in [0.3, 0.4) is 0 Å². The lowest BCUT2D eigenvalue weighted by atomic mass is 10.0. The minimum atomic E-state index is 0.0363. The molecule has 0 radical (unpaired) electrons. The SMILES string of the molecule is CC(C)NC(=O)CN1C[C@@H](c2ccccc2)O[C@@H](C(C)C)C1. The molecule has 1 aromatic carbocycles. The van der Waals surface area contributed by atoms with Gasteiger partial charge in [0.15, 0.2) is 0 Å². The molecule has 0 unspecified atom stereocenters. The van der Waals surface area contributed by atoms with Gasteiger partial charge in [0.2, 0.25) is 5.91 Å². The molecule has 0 saturated carbocycles. The molecule has 1 N–H and O–H groups in total. The number of hydrogen-bond donors (Lipinski definition) is 1. The number of carbonyl (C=O) groups excluding carboxylic acids is 1. The van der Waals surface area contributed by atoms with Crippen LogP contribution >= 0.6 is 0 Å². The van der Waals surface area contributed by atoms with Crippen LogP contribution < -0.4 is 5.32 Å². The van der Waals surface area contributed by atoms with Gasteiger partial charge in [-0.2, -0.15) is 0 Å². The van der Waals surface area contributed by atoms with Crippen LogP contribution in [0.1, 0.15) is 39.4 Å². The summed E-state index contributed by atoms with van der Waals surface area (Å²) in [5, 5.41) is 2.97. The predicted molar refractivity (Wildman–Crippen MR) is 88.6 cm³/mol. The van der Waals surface area contributed by atoms with E-state index in [1.165, 1.54) is 5.56 Å². The smallest absolute Gasteiger partial charge is 0.234 e. The maximum absolute atomic E-state index is 12.0. The van der Waals surface area contributed by atoms with Gasteiger partial charge in [0.25, 0.3) is 0 Å². The van der Waals surface area contributed by atoms with Crippen LogP contribution in [0.25, 0.3) is 0 Å². The molecule has 1 saturated heterocycles. The first-order chi connectivity index (χ1) is 10.5. The third-order valence-corrected chi connectivity index (χ3v) is 3.93. The van der Waals surface area contributed by atoms with E-state index in [2.05, 4.69) is 36.2 Å². The highest BCUT2D eigenvalue weighted by Gasteiger charge is 2.31. The summed E-state index contributed by atoms with van der Waals surface area (Å²) in [6.07, 6.45) is 0.194. The Morgan fingerprint density at radius 1 is 1.23 bits per heavy atom. The Morgan fingerprint density at radius 2 is 1.91 bits per heavy atom. The van der Waals surface area contributed by atoms with Crippen LogP contribution in [0.15, 0.2) is 30.3 Å². The second-order valence-corrected chi connectivity index (χ2v) is 6.73. The van der Waals surface area contributed by atoms with Crippen molar-refractivity contribution in [1.82, 2.24) is 10.2 Å². The van der Waals surface area contributed by atoms with Gasteiger partial charge < -0.3 is 10.1 Å². The lowest BCUT2D eigenvalue weighted by Crippen LogP contribution is -2.50. The molecular formula is C18H28N2O2. The standard InChI is InChI=1S/C18H28N2O2/c1-13(2)16-10-20(12-18(21)19-14(3)4)11-17(22-16)15-8-6-5-7-9-15/h5-9,13-14,16-17H,10-12H2,1-4H3,(H,19,21)/t16-,17+/m1/s1. The van der Waals surface area contributed by atoms with E-state index >= 15 is 0 Å². The van der Waals surface area contributed by atoms with Crippen LogP contribution in [0.5, 0.6) is 0 Å². The van der Waals surface area contributed by atoms with E-state index in [-0.39, 0.29) is 24.2 Å². The zero-order chi connectivity index (χ0) is 16.1. The summed E-state index contributed by atoms with van der Waals surface area (Å²) in [6.45, 7) is 10.3. The van der Waals surface area contributed by atoms with Crippen LogP contribution in [-0.4, -0.2) is 42.6 Å². The number of hydrogen-bond acceptors (Lipinski definition) is 3. The Bertz CT molecular complexity index is 473. The van der Waals surface area contributed by atoms with Gasteiger partial charge in [-0.15, -0.1) is 0 Å². The molecule has 0 bridgehead atoms. The summed E-state index contributed by atoms with van der Waals surface area (Å²) in [4.78, 5) is 14.3. The summed E-state index contributed by atoms with van der Waals surface area (Å²) < 4.78 is 6.25. The van der Waals surface area contributed by atoms with Gasteiger partial charge >= 0.3 is 0 Å². The molecular weight excluding hydrogens is 276 g/mol. The van der Waals surface area contributed by atoms with Crippen molar-refractivity contribution in [3.63, 3.8) is 0 Å². The molecule has 122 valence electrons. The van der Waals surface area contributed by atoms with Gasteiger partial charge in [-0.1, -0.05) is 44.2 Å². The Balaban J connectivity index is 2.05. The molecule has 1 fully saturated rings. The maximum atomic E-state index is 12.0. The van der Waals surface area contributed by atoms with Gasteiger partial charge in [0.1, 0.15) is 0 Å². The molecule has 2 atom stereocenters. The minimum Gasteiger partial charge on any atom is -0.367 e. The number of benzene rings is 1. The summed E-state index contributed by atoms with van der Waals surface area (Å²) >= 11 is 0. The Hall–Kier alpha value is -1.39. The lowest BCUT2D eigenvalue weighted by molar-refractivity contribution is -0.131. The first-order valence-corrected chi connectivity index (χ1v) is 8.18. The number of rotatable bonds is 5. The van der Waals surface area contributed by atoms with Crippen molar-refractivity contribution in [2.24, 2.45) is 5.92 Å². The van der Waals surface area contributed by atoms with Gasteiger partial charge in [0.05, 0.1) is 18.8 Å². The van der Waals surface area contributed by atoms with Crippen molar-refractivity contribution in [2.75, 3.05) is 19.6 Å². The Kier molecular flexibility index (Phi) is 5.98. The van der Waals surface area contributed by atoms with Crippen molar-refractivity contribution in [3.8, 4) is 0 Å². The van der Waals surface area contributed by atoms with E-state index in [0.29, 0.717) is 12.5 Å². The Morgan fingerprint density at radius 3 is 2.50 bits per heavy atom. The van der Waals surface area contributed by atoms with Crippen molar-refractivity contribution in [1.29, 1.82) is 0 Å². The minimum absolute atomic E-state index is 0.0363. The fourth-order valence-corrected chi connectivity index (χ4v) is 2.78.